The van der Waals surface area contributed by atoms with Gasteiger partial charge in [-0.2, -0.15) is 4.37 Å². The molecule has 0 unspecified atom stereocenters. The number of aromatic nitrogens is 2. The van der Waals surface area contributed by atoms with Crippen LogP contribution < -0.4 is 15.0 Å². The molecule has 3 rings (SSSR count). The largest absolute Gasteiger partial charge is 0.496 e. The van der Waals surface area contributed by atoms with Crippen molar-refractivity contribution in [3.05, 3.63) is 35.2 Å². The van der Waals surface area contributed by atoms with E-state index < -0.39 is 0 Å². The third-order valence-electron chi connectivity index (χ3n) is 5.09. The first kappa shape index (κ1) is 24.6. The number of methoxy groups -OCH3 is 1. The van der Waals surface area contributed by atoms with Gasteiger partial charge in [0, 0.05) is 57.2 Å². The Bertz CT molecular complexity index is 820. The van der Waals surface area contributed by atoms with E-state index in [1.54, 1.807) is 7.11 Å². The van der Waals surface area contributed by atoms with Gasteiger partial charge in [0.15, 0.2) is 5.96 Å². The lowest BCUT2D eigenvalue weighted by Gasteiger charge is -2.36. The van der Waals surface area contributed by atoms with Gasteiger partial charge in [-0.3, -0.25) is 4.99 Å². The highest BCUT2D eigenvalue weighted by molar-refractivity contribution is 14.0. The van der Waals surface area contributed by atoms with E-state index in [2.05, 4.69) is 63.4 Å². The van der Waals surface area contributed by atoms with Gasteiger partial charge in [0.2, 0.25) is 5.13 Å². The van der Waals surface area contributed by atoms with Gasteiger partial charge in [0.05, 0.1) is 7.11 Å². The van der Waals surface area contributed by atoms with E-state index in [1.165, 1.54) is 17.1 Å². The summed E-state index contributed by atoms with van der Waals surface area (Å²) < 4.78 is 9.84. The molecule has 0 atom stereocenters. The van der Waals surface area contributed by atoms with Gasteiger partial charge in [-0.25, -0.2) is 4.98 Å². The zero-order chi connectivity index (χ0) is 20.6. The molecule has 1 aromatic heterocycles. The predicted octanol–water partition coefficient (Wildman–Crippen LogP) is 3.37. The van der Waals surface area contributed by atoms with Crippen LogP contribution in [0.1, 0.15) is 30.8 Å². The van der Waals surface area contributed by atoms with Crippen LogP contribution in [0.3, 0.4) is 0 Å². The Morgan fingerprint density at radius 2 is 2.00 bits per heavy atom. The number of anilines is 1. The summed E-state index contributed by atoms with van der Waals surface area (Å²) in [6, 6.07) is 6.38. The molecule has 1 aromatic carbocycles. The number of hydrogen-bond acceptors (Lipinski definition) is 6. The number of aliphatic imine (C=N–C) groups is 1. The van der Waals surface area contributed by atoms with Crippen molar-refractivity contribution in [3.63, 3.8) is 0 Å². The van der Waals surface area contributed by atoms with E-state index in [1.807, 2.05) is 0 Å². The molecule has 1 aliphatic heterocycles. The van der Waals surface area contributed by atoms with Crippen LogP contribution in [-0.4, -0.2) is 66.6 Å². The summed E-state index contributed by atoms with van der Waals surface area (Å²) in [6.07, 6.45) is 1.79. The van der Waals surface area contributed by atoms with Crippen molar-refractivity contribution in [2.24, 2.45) is 4.99 Å². The quantitative estimate of drug-likeness (QED) is 0.328. The summed E-state index contributed by atoms with van der Waals surface area (Å²) in [6.45, 7) is 11.7. The lowest BCUT2D eigenvalue weighted by atomic mass is 10.1. The van der Waals surface area contributed by atoms with Gasteiger partial charge >= 0.3 is 0 Å². The molecule has 0 saturated carbocycles. The summed E-state index contributed by atoms with van der Waals surface area (Å²) in [7, 11) is 1.72. The number of aryl methyl sites for hydroxylation is 2. The van der Waals surface area contributed by atoms with Crippen LogP contribution >= 0.6 is 35.5 Å². The number of rotatable bonds is 7. The second-order valence-corrected chi connectivity index (χ2v) is 7.84. The van der Waals surface area contributed by atoms with Gasteiger partial charge in [0.1, 0.15) is 11.6 Å². The maximum atomic E-state index is 5.43. The minimum absolute atomic E-state index is 0. The monoisotopic (exact) mass is 544 g/mol. The molecular formula is C21H33IN6OS. The Hall–Kier alpha value is -1.62. The fourth-order valence-corrected chi connectivity index (χ4v) is 4.16. The van der Waals surface area contributed by atoms with Crippen LogP contribution in [0.4, 0.5) is 5.13 Å². The molecule has 1 fully saturated rings. The van der Waals surface area contributed by atoms with Crippen molar-refractivity contribution in [3.8, 4) is 5.75 Å². The van der Waals surface area contributed by atoms with E-state index in [9.17, 15) is 0 Å². The first-order chi connectivity index (χ1) is 14.1. The van der Waals surface area contributed by atoms with Gasteiger partial charge < -0.3 is 19.9 Å². The van der Waals surface area contributed by atoms with Crippen LogP contribution in [-0.2, 0) is 12.8 Å². The number of ether oxygens (including phenoxy) is 1. The minimum Gasteiger partial charge on any atom is -0.496 e. The van der Waals surface area contributed by atoms with E-state index in [0.29, 0.717) is 0 Å². The summed E-state index contributed by atoms with van der Waals surface area (Å²) >= 11 is 1.51. The standard InChI is InChI=1S/C21H32N6OS.HI/c1-5-19-24-21(29-25-19)27-13-11-26(12-14-27)20(22-6-2)23-10-9-17-8-7-16(3)18(15-17)28-4;/h7-8,15H,5-6,9-14H2,1-4H3,(H,22,23);1H. The number of nitrogens with zero attached hydrogens (tertiary/aromatic N) is 5. The zero-order valence-corrected chi connectivity index (χ0v) is 21.5. The highest BCUT2D eigenvalue weighted by Crippen LogP contribution is 2.20. The van der Waals surface area contributed by atoms with Crippen LogP contribution in [0.2, 0.25) is 0 Å². The Kier molecular flexibility index (Phi) is 10.1. The molecule has 166 valence electrons. The van der Waals surface area contributed by atoms with Crippen molar-refractivity contribution in [2.75, 3.05) is 51.3 Å². The van der Waals surface area contributed by atoms with Gasteiger partial charge in [-0.1, -0.05) is 19.1 Å². The molecule has 2 heterocycles. The first-order valence-electron chi connectivity index (χ1n) is 10.4. The predicted molar refractivity (Wildman–Crippen MR) is 136 cm³/mol. The molecule has 0 amide bonds. The van der Waals surface area contributed by atoms with Gasteiger partial charge in [-0.05, 0) is 37.5 Å². The molecule has 9 heteroatoms. The SMILES string of the molecule is CCNC(=NCCc1ccc(C)c(OC)c1)N1CCN(c2nc(CC)ns2)CC1.I. The topological polar surface area (TPSA) is 65.9 Å². The van der Waals surface area contributed by atoms with E-state index in [4.69, 9.17) is 9.73 Å². The fourth-order valence-electron chi connectivity index (χ4n) is 3.36. The lowest BCUT2D eigenvalue weighted by Crippen LogP contribution is -2.52. The molecule has 0 spiro atoms. The van der Waals surface area contributed by atoms with Gasteiger partial charge in [0.25, 0.3) is 0 Å². The van der Waals surface area contributed by atoms with Crippen molar-refractivity contribution < 1.29 is 4.74 Å². The molecular weight excluding hydrogens is 511 g/mol. The normalized spacial score (nSPS) is 14.5. The molecule has 0 radical (unpaired) electrons. The third-order valence-corrected chi connectivity index (χ3v) is 5.91. The van der Waals surface area contributed by atoms with Gasteiger partial charge in [-0.15, -0.1) is 24.0 Å². The number of piperazine rings is 1. The number of hydrogen-bond donors (Lipinski definition) is 1. The molecule has 1 N–H and O–H groups in total. The van der Waals surface area contributed by atoms with Crippen molar-refractivity contribution in [1.29, 1.82) is 0 Å². The first-order valence-corrected chi connectivity index (χ1v) is 11.2. The number of nitrogens with one attached hydrogen (secondary N) is 1. The summed E-state index contributed by atoms with van der Waals surface area (Å²) in [4.78, 5) is 14.2. The Balaban J connectivity index is 0.00000320. The average molecular weight is 545 g/mol. The fraction of sp³-hybridized carbons (Fsp3) is 0.571. The van der Waals surface area contributed by atoms with Crippen molar-refractivity contribution >= 4 is 46.6 Å². The molecule has 0 bridgehead atoms. The van der Waals surface area contributed by atoms with E-state index >= 15 is 0 Å². The third kappa shape index (κ3) is 6.44. The van der Waals surface area contributed by atoms with Crippen LogP contribution in [0.25, 0.3) is 0 Å². The second kappa shape index (κ2) is 12.3. The summed E-state index contributed by atoms with van der Waals surface area (Å²) in [5, 5.41) is 4.48. The van der Waals surface area contributed by atoms with Crippen LogP contribution in [0, 0.1) is 6.92 Å². The molecule has 1 saturated heterocycles. The smallest absolute Gasteiger partial charge is 0.205 e. The summed E-state index contributed by atoms with van der Waals surface area (Å²) in [5.41, 5.74) is 2.41. The zero-order valence-electron chi connectivity index (χ0n) is 18.3. The molecule has 2 aromatic rings. The van der Waals surface area contributed by atoms with Crippen LogP contribution in [0.15, 0.2) is 23.2 Å². The maximum Gasteiger partial charge on any atom is 0.205 e. The number of guanidine groups is 1. The van der Waals surface area contributed by atoms with Crippen molar-refractivity contribution in [1.82, 2.24) is 19.6 Å². The highest BCUT2D eigenvalue weighted by Gasteiger charge is 2.22. The van der Waals surface area contributed by atoms with Crippen molar-refractivity contribution in [2.45, 2.75) is 33.6 Å². The van der Waals surface area contributed by atoms with E-state index in [0.717, 1.165) is 80.3 Å². The van der Waals surface area contributed by atoms with Crippen LogP contribution in [0.5, 0.6) is 5.75 Å². The van der Waals surface area contributed by atoms with E-state index in [-0.39, 0.29) is 24.0 Å². The molecule has 0 aliphatic carbocycles. The maximum absolute atomic E-state index is 5.43. The Labute approximate surface area is 201 Å². The second-order valence-electron chi connectivity index (χ2n) is 7.11. The Morgan fingerprint density at radius 3 is 2.63 bits per heavy atom. The molecule has 30 heavy (non-hydrogen) atoms. The minimum atomic E-state index is 0. The number of benzene rings is 1. The molecule has 7 nitrogen and oxygen atoms in total. The lowest BCUT2D eigenvalue weighted by molar-refractivity contribution is 0.372. The number of halogens is 1. The molecule has 1 aliphatic rings. The Morgan fingerprint density at radius 1 is 1.23 bits per heavy atom. The summed E-state index contributed by atoms with van der Waals surface area (Å²) in [5.74, 6) is 2.88. The average Bonchev–Trinajstić information content (AvgIpc) is 3.24. The highest BCUT2D eigenvalue weighted by atomic mass is 127.